The van der Waals surface area contributed by atoms with Gasteiger partial charge < -0.3 is 9.47 Å². The smallest absolute Gasteiger partial charge is 0.125 e. The molecule has 0 atom stereocenters. The summed E-state index contributed by atoms with van der Waals surface area (Å²) >= 11 is 0. The summed E-state index contributed by atoms with van der Waals surface area (Å²) in [4.78, 5) is 0. The number of hydrogen-bond donors (Lipinski definition) is 0. The highest BCUT2D eigenvalue weighted by Gasteiger charge is 2.11. The van der Waals surface area contributed by atoms with Crippen LogP contribution in [0.15, 0.2) is 49.6 Å². The van der Waals surface area contributed by atoms with Crippen LogP contribution in [0.3, 0.4) is 0 Å². The Labute approximate surface area is 145 Å². The lowest BCUT2D eigenvalue weighted by Gasteiger charge is -2.16. The summed E-state index contributed by atoms with van der Waals surface area (Å²) in [6.07, 6.45) is 3.53. The molecule has 2 heteroatoms. The van der Waals surface area contributed by atoms with Crippen LogP contribution in [0.5, 0.6) is 11.5 Å². The molecule has 0 saturated carbocycles. The fourth-order valence-corrected chi connectivity index (χ4v) is 2.97. The van der Waals surface area contributed by atoms with Crippen LogP contribution in [-0.2, 0) is 0 Å². The minimum Gasteiger partial charge on any atom is -0.489 e. The molecular formula is C22H26O2. The Kier molecular flexibility index (Phi) is 5.86. The molecule has 0 bridgehead atoms. The van der Waals surface area contributed by atoms with Gasteiger partial charge in [-0.2, -0.15) is 0 Å². The van der Waals surface area contributed by atoms with Crippen molar-refractivity contribution in [1.29, 1.82) is 0 Å². The number of aryl methyl sites for hydroxylation is 4. The van der Waals surface area contributed by atoms with Crippen molar-refractivity contribution < 1.29 is 9.47 Å². The van der Waals surface area contributed by atoms with Gasteiger partial charge in [-0.05, 0) is 85.3 Å². The first-order chi connectivity index (χ1) is 11.5. The lowest BCUT2D eigenvalue weighted by Crippen LogP contribution is -1.99. The summed E-state index contributed by atoms with van der Waals surface area (Å²) in [6, 6.07) is 8.68. The Morgan fingerprint density at radius 2 is 0.958 bits per heavy atom. The molecule has 0 unspecified atom stereocenters. The van der Waals surface area contributed by atoms with Crippen molar-refractivity contribution in [2.24, 2.45) is 0 Å². The maximum Gasteiger partial charge on any atom is 0.125 e. The van der Waals surface area contributed by atoms with Crippen molar-refractivity contribution in [2.45, 2.75) is 27.7 Å². The standard InChI is InChI=1S/C22H26O2/c1-7-9-23-21-15(3)11-19(12-16(21)4)20-13-17(5)22(18(6)14-20)24-10-8-2/h7-8,11-14H,1-2,9-10H2,3-6H3. The minimum atomic E-state index is 0.522. The van der Waals surface area contributed by atoms with E-state index in [9.17, 15) is 0 Å². The van der Waals surface area contributed by atoms with E-state index in [2.05, 4.69) is 65.1 Å². The van der Waals surface area contributed by atoms with Gasteiger partial charge in [0.2, 0.25) is 0 Å². The van der Waals surface area contributed by atoms with Gasteiger partial charge in [0.05, 0.1) is 0 Å². The Morgan fingerprint density at radius 1 is 0.667 bits per heavy atom. The lowest BCUT2D eigenvalue weighted by atomic mass is 9.96. The van der Waals surface area contributed by atoms with Crippen LogP contribution in [0.2, 0.25) is 0 Å². The third kappa shape index (κ3) is 3.88. The maximum atomic E-state index is 5.77. The molecule has 0 aliphatic rings. The van der Waals surface area contributed by atoms with Gasteiger partial charge in [-0.25, -0.2) is 0 Å². The van der Waals surface area contributed by atoms with Crippen LogP contribution in [0.4, 0.5) is 0 Å². The zero-order valence-electron chi connectivity index (χ0n) is 15.1. The summed E-state index contributed by atoms with van der Waals surface area (Å²) in [5.74, 6) is 1.89. The average Bonchev–Trinajstić information content (AvgIpc) is 2.53. The molecule has 126 valence electrons. The molecule has 0 spiro atoms. The van der Waals surface area contributed by atoms with Crippen molar-refractivity contribution in [1.82, 2.24) is 0 Å². The molecule has 0 aliphatic heterocycles. The van der Waals surface area contributed by atoms with Crippen molar-refractivity contribution in [3.63, 3.8) is 0 Å². The van der Waals surface area contributed by atoms with E-state index in [1.165, 1.54) is 11.1 Å². The molecule has 2 aromatic carbocycles. The fourth-order valence-electron chi connectivity index (χ4n) is 2.97. The average molecular weight is 322 g/mol. The van der Waals surface area contributed by atoms with Crippen molar-refractivity contribution in [2.75, 3.05) is 13.2 Å². The fraction of sp³-hybridized carbons (Fsp3) is 0.273. The summed E-state index contributed by atoms with van der Waals surface area (Å²) in [5, 5.41) is 0. The lowest BCUT2D eigenvalue weighted by molar-refractivity contribution is 0.358. The van der Waals surface area contributed by atoms with Gasteiger partial charge in [-0.1, -0.05) is 25.3 Å². The SMILES string of the molecule is C=CCOc1c(C)cc(-c2cc(C)c(OCC=C)c(C)c2)cc1C. The summed E-state index contributed by atoms with van der Waals surface area (Å²) in [6.45, 7) is 16.8. The first kappa shape index (κ1) is 17.9. The molecule has 0 amide bonds. The topological polar surface area (TPSA) is 18.5 Å². The Hall–Kier alpha value is -2.48. The summed E-state index contributed by atoms with van der Waals surface area (Å²) in [5.41, 5.74) is 6.92. The Morgan fingerprint density at radius 3 is 1.21 bits per heavy atom. The molecule has 2 nitrogen and oxygen atoms in total. The van der Waals surface area contributed by atoms with Crippen LogP contribution < -0.4 is 9.47 Å². The van der Waals surface area contributed by atoms with E-state index in [4.69, 9.17) is 9.47 Å². The molecule has 0 N–H and O–H groups in total. The van der Waals surface area contributed by atoms with E-state index in [0.29, 0.717) is 13.2 Å². The van der Waals surface area contributed by atoms with E-state index in [1.54, 1.807) is 12.2 Å². The predicted octanol–water partition coefficient (Wildman–Crippen LogP) is 5.72. The summed E-state index contributed by atoms with van der Waals surface area (Å²) in [7, 11) is 0. The highest BCUT2D eigenvalue weighted by Crippen LogP contribution is 2.34. The van der Waals surface area contributed by atoms with E-state index < -0.39 is 0 Å². The molecule has 0 radical (unpaired) electrons. The minimum absolute atomic E-state index is 0.522. The molecule has 24 heavy (non-hydrogen) atoms. The molecule has 0 heterocycles. The first-order valence-electron chi connectivity index (χ1n) is 8.18. The number of hydrogen-bond acceptors (Lipinski definition) is 2. The van der Waals surface area contributed by atoms with Crippen LogP contribution >= 0.6 is 0 Å². The van der Waals surface area contributed by atoms with E-state index >= 15 is 0 Å². The largest absolute Gasteiger partial charge is 0.489 e. The van der Waals surface area contributed by atoms with Gasteiger partial charge in [-0.3, -0.25) is 0 Å². The highest BCUT2D eigenvalue weighted by atomic mass is 16.5. The number of benzene rings is 2. The van der Waals surface area contributed by atoms with Gasteiger partial charge in [0.25, 0.3) is 0 Å². The Balaban J connectivity index is 2.41. The van der Waals surface area contributed by atoms with Gasteiger partial charge in [0.1, 0.15) is 24.7 Å². The van der Waals surface area contributed by atoms with Crippen LogP contribution in [-0.4, -0.2) is 13.2 Å². The molecular weight excluding hydrogens is 296 g/mol. The van der Waals surface area contributed by atoms with E-state index in [1.807, 2.05) is 0 Å². The monoisotopic (exact) mass is 322 g/mol. The first-order valence-corrected chi connectivity index (χ1v) is 8.18. The number of rotatable bonds is 7. The van der Waals surface area contributed by atoms with Gasteiger partial charge >= 0.3 is 0 Å². The van der Waals surface area contributed by atoms with Crippen molar-refractivity contribution in [3.8, 4) is 22.6 Å². The number of ether oxygens (including phenoxy) is 2. The zero-order valence-corrected chi connectivity index (χ0v) is 15.1. The van der Waals surface area contributed by atoms with Crippen LogP contribution in [0.1, 0.15) is 22.3 Å². The van der Waals surface area contributed by atoms with E-state index in [0.717, 1.165) is 33.8 Å². The van der Waals surface area contributed by atoms with Crippen molar-refractivity contribution in [3.05, 3.63) is 71.8 Å². The third-order valence-electron chi connectivity index (χ3n) is 3.95. The van der Waals surface area contributed by atoms with Gasteiger partial charge in [0, 0.05) is 0 Å². The van der Waals surface area contributed by atoms with Crippen LogP contribution in [0, 0.1) is 27.7 Å². The molecule has 0 fully saturated rings. The quantitative estimate of drug-likeness (QED) is 0.607. The second-order valence-corrected chi connectivity index (χ2v) is 6.08. The normalized spacial score (nSPS) is 10.3. The van der Waals surface area contributed by atoms with Crippen molar-refractivity contribution >= 4 is 0 Å². The maximum absolute atomic E-state index is 5.77. The Bertz CT molecular complexity index is 645. The second kappa shape index (κ2) is 7.87. The molecule has 0 saturated heterocycles. The summed E-state index contributed by atoms with van der Waals surface area (Å²) < 4.78 is 11.5. The van der Waals surface area contributed by atoms with E-state index in [-0.39, 0.29) is 0 Å². The molecule has 2 rings (SSSR count). The molecule has 2 aromatic rings. The zero-order chi connectivity index (χ0) is 17.7. The van der Waals surface area contributed by atoms with Crippen LogP contribution in [0.25, 0.3) is 11.1 Å². The highest BCUT2D eigenvalue weighted by molar-refractivity contribution is 5.70. The molecule has 0 aromatic heterocycles. The third-order valence-corrected chi connectivity index (χ3v) is 3.95. The second-order valence-electron chi connectivity index (χ2n) is 6.08. The van der Waals surface area contributed by atoms with Gasteiger partial charge in [0.15, 0.2) is 0 Å². The van der Waals surface area contributed by atoms with Gasteiger partial charge in [-0.15, -0.1) is 0 Å². The predicted molar refractivity (Wildman–Crippen MR) is 102 cm³/mol. The molecule has 0 aliphatic carbocycles.